The molecule has 1 aromatic rings. The quantitative estimate of drug-likeness (QED) is 0.840. The summed E-state index contributed by atoms with van der Waals surface area (Å²) in [7, 11) is -0.294. The first-order valence-electron chi connectivity index (χ1n) is 7.48. The number of hydrogen-bond donors (Lipinski definition) is 2. The van der Waals surface area contributed by atoms with E-state index in [2.05, 4.69) is 10.6 Å². The van der Waals surface area contributed by atoms with Crippen molar-refractivity contribution >= 4 is 15.7 Å². The lowest BCUT2D eigenvalue weighted by Gasteiger charge is -2.23. The lowest BCUT2D eigenvalue weighted by molar-refractivity contribution is 0.364. The maximum absolute atomic E-state index is 12.3. The number of sulfonamides is 1. The van der Waals surface area contributed by atoms with Gasteiger partial charge >= 0.3 is 0 Å². The lowest BCUT2D eigenvalue weighted by Crippen LogP contribution is -2.31. The Labute approximate surface area is 127 Å². The van der Waals surface area contributed by atoms with E-state index in [4.69, 9.17) is 0 Å². The number of benzene rings is 1. The molecule has 0 aromatic heterocycles. The molecule has 5 nitrogen and oxygen atoms in total. The van der Waals surface area contributed by atoms with Crippen molar-refractivity contribution in [1.29, 1.82) is 0 Å². The van der Waals surface area contributed by atoms with Gasteiger partial charge in [-0.1, -0.05) is 12.1 Å². The molecule has 1 aliphatic heterocycles. The van der Waals surface area contributed by atoms with Crippen LogP contribution in [0.2, 0.25) is 0 Å². The molecule has 1 unspecified atom stereocenters. The summed E-state index contributed by atoms with van der Waals surface area (Å²) in [6.45, 7) is 2.99. The van der Waals surface area contributed by atoms with Crippen LogP contribution in [0.3, 0.4) is 0 Å². The van der Waals surface area contributed by atoms with Crippen LogP contribution < -0.4 is 10.6 Å². The van der Waals surface area contributed by atoms with Crippen LogP contribution in [0.1, 0.15) is 19.3 Å². The highest BCUT2D eigenvalue weighted by molar-refractivity contribution is 7.89. The van der Waals surface area contributed by atoms with Gasteiger partial charge < -0.3 is 10.6 Å². The Bertz CT molecular complexity index is 552. The molecule has 0 spiro atoms. The van der Waals surface area contributed by atoms with E-state index in [9.17, 15) is 8.42 Å². The molecule has 2 N–H and O–H groups in total. The van der Waals surface area contributed by atoms with Gasteiger partial charge in [-0.25, -0.2) is 12.7 Å². The molecule has 2 rings (SSSR count). The summed E-state index contributed by atoms with van der Waals surface area (Å²) in [4.78, 5) is 0.344. The van der Waals surface area contributed by atoms with Crippen LogP contribution in [-0.2, 0) is 10.0 Å². The van der Waals surface area contributed by atoms with Gasteiger partial charge in [0, 0.05) is 20.6 Å². The maximum Gasteiger partial charge on any atom is 0.244 e. The highest BCUT2D eigenvalue weighted by atomic mass is 32.2. The minimum Gasteiger partial charge on any atom is -0.384 e. The Morgan fingerprint density at radius 3 is 2.76 bits per heavy atom. The largest absolute Gasteiger partial charge is 0.384 e. The van der Waals surface area contributed by atoms with E-state index in [-0.39, 0.29) is 0 Å². The Balaban J connectivity index is 2.00. The maximum atomic E-state index is 12.3. The van der Waals surface area contributed by atoms with Gasteiger partial charge in [0.1, 0.15) is 4.90 Å². The van der Waals surface area contributed by atoms with E-state index in [0.29, 0.717) is 16.5 Å². The first-order chi connectivity index (χ1) is 10.0. The second-order valence-corrected chi connectivity index (χ2v) is 7.83. The molecular formula is C15H25N3O2S. The summed E-state index contributed by atoms with van der Waals surface area (Å²) in [5.74, 6) is 0.684. The van der Waals surface area contributed by atoms with Crippen molar-refractivity contribution in [3.63, 3.8) is 0 Å². The summed E-state index contributed by atoms with van der Waals surface area (Å²) in [5.41, 5.74) is 0.690. The minimum absolute atomic E-state index is 0.344. The number of rotatable bonds is 6. The first kappa shape index (κ1) is 16.3. The molecular weight excluding hydrogens is 286 g/mol. The minimum atomic E-state index is -3.40. The molecule has 0 aliphatic carbocycles. The summed E-state index contributed by atoms with van der Waals surface area (Å²) in [6.07, 6.45) is 3.55. The topological polar surface area (TPSA) is 61.4 Å². The summed E-state index contributed by atoms with van der Waals surface area (Å²) in [5, 5.41) is 6.69. The van der Waals surface area contributed by atoms with E-state index in [0.717, 1.165) is 26.1 Å². The Kier molecular flexibility index (Phi) is 5.61. The van der Waals surface area contributed by atoms with Gasteiger partial charge in [-0.05, 0) is 50.4 Å². The number of para-hydroxylation sites is 1. The van der Waals surface area contributed by atoms with Crippen LogP contribution in [0.25, 0.3) is 0 Å². The van der Waals surface area contributed by atoms with Gasteiger partial charge in [0.05, 0.1) is 5.69 Å². The molecule has 1 atom stereocenters. The van der Waals surface area contributed by atoms with E-state index in [1.165, 1.54) is 17.1 Å². The van der Waals surface area contributed by atoms with Crippen molar-refractivity contribution in [1.82, 2.24) is 9.62 Å². The molecule has 1 heterocycles. The third-order valence-corrected chi connectivity index (χ3v) is 5.79. The molecule has 1 aliphatic rings. The summed E-state index contributed by atoms with van der Waals surface area (Å²) < 4.78 is 25.8. The van der Waals surface area contributed by atoms with E-state index in [1.807, 2.05) is 12.1 Å². The molecule has 0 saturated carbocycles. The highest BCUT2D eigenvalue weighted by Crippen LogP contribution is 2.23. The van der Waals surface area contributed by atoms with Crippen LogP contribution in [0, 0.1) is 5.92 Å². The van der Waals surface area contributed by atoms with Crippen LogP contribution >= 0.6 is 0 Å². The fourth-order valence-corrected chi connectivity index (χ4v) is 3.68. The van der Waals surface area contributed by atoms with E-state index < -0.39 is 10.0 Å². The molecule has 118 valence electrons. The smallest absolute Gasteiger partial charge is 0.244 e. The Morgan fingerprint density at radius 1 is 1.33 bits per heavy atom. The first-order valence-corrected chi connectivity index (χ1v) is 8.92. The van der Waals surface area contributed by atoms with Gasteiger partial charge in [0.25, 0.3) is 0 Å². The van der Waals surface area contributed by atoms with Gasteiger partial charge in [-0.15, -0.1) is 0 Å². The average molecular weight is 311 g/mol. The number of hydrogen-bond acceptors (Lipinski definition) is 4. The zero-order valence-corrected chi connectivity index (χ0v) is 13.6. The normalized spacial score (nSPS) is 19.7. The monoisotopic (exact) mass is 311 g/mol. The predicted octanol–water partition coefficient (Wildman–Crippen LogP) is 1.74. The van der Waals surface area contributed by atoms with Crippen LogP contribution in [0.4, 0.5) is 5.69 Å². The van der Waals surface area contributed by atoms with Crippen LogP contribution in [0.15, 0.2) is 29.2 Å². The standard InChI is InChI=1S/C15H25N3O2S/c1-18(2)21(19,20)15-8-4-3-7-14(15)17-11-9-13-6-5-10-16-12-13/h3-4,7-8,13,16-17H,5-6,9-12H2,1-2H3. The van der Waals surface area contributed by atoms with Crippen molar-refractivity contribution in [2.75, 3.05) is 39.0 Å². The number of nitrogens with zero attached hydrogens (tertiary/aromatic N) is 1. The number of anilines is 1. The van der Waals surface area contributed by atoms with Crippen molar-refractivity contribution in [3.8, 4) is 0 Å². The molecule has 0 amide bonds. The molecule has 21 heavy (non-hydrogen) atoms. The third-order valence-electron chi connectivity index (χ3n) is 3.91. The van der Waals surface area contributed by atoms with E-state index >= 15 is 0 Å². The molecule has 0 radical (unpaired) electrons. The van der Waals surface area contributed by atoms with Crippen molar-refractivity contribution < 1.29 is 8.42 Å². The predicted molar refractivity (Wildman–Crippen MR) is 86.0 cm³/mol. The van der Waals surface area contributed by atoms with Gasteiger partial charge in [0.2, 0.25) is 10.0 Å². The second-order valence-electron chi connectivity index (χ2n) is 5.71. The van der Waals surface area contributed by atoms with Crippen molar-refractivity contribution in [2.24, 2.45) is 5.92 Å². The zero-order chi connectivity index (χ0) is 15.3. The van der Waals surface area contributed by atoms with Gasteiger partial charge in [-0.2, -0.15) is 0 Å². The van der Waals surface area contributed by atoms with Crippen LogP contribution in [-0.4, -0.2) is 46.5 Å². The fourth-order valence-electron chi connectivity index (χ4n) is 2.62. The summed E-state index contributed by atoms with van der Waals surface area (Å²) in [6, 6.07) is 7.10. The Morgan fingerprint density at radius 2 is 2.10 bits per heavy atom. The van der Waals surface area contributed by atoms with Gasteiger partial charge in [0.15, 0.2) is 0 Å². The number of nitrogens with one attached hydrogen (secondary N) is 2. The SMILES string of the molecule is CN(C)S(=O)(=O)c1ccccc1NCCC1CCCNC1. The van der Waals surface area contributed by atoms with Crippen molar-refractivity contribution in [3.05, 3.63) is 24.3 Å². The van der Waals surface area contributed by atoms with Gasteiger partial charge in [-0.3, -0.25) is 0 Å². The summed E-state index contributed by atoms with van der Waals surface area (Å²) >= 11 is 0. The number of piperidine rings is 1. The molecule has 1 aromatic carbocycles. The van der Waals surface area contributed by atoms with Crippen LogP contribution in [0.5, 0.6) is 0 Å². The van der Waals surface area contributed by atoms with Crippen molar-refractivity contribution in [2.45, 2.75) is 24.2 Å². The zero-order valence-electron chi connectivity index (χ0n) is 12.8. The third kappa shape index (κ3) is 4.18. The molecule has 6 heteroatoms. The Hall–Kier alpha value is -1.11. The molecule has 1 fully saturated rings. The fraction of sp³-hybridized carbons (Fsp3) is 0.600. The highest BCUT2D eigenvalue weighted by Gasteiger charge is 2.20. The van der Waals surface area contributed by atoms with E-state index in [1.54, 1.807) is 26.2 Å². The average Bonchev–Trinajstić information content (AvgIpc) is 2.48. The lowest BCUT2D eigenvalue weighted by atomic mass is 9.96. The molecule has 0 bridgehead atoms. The molecule has 1 saturated heterocycles. The second kappa shape index (κ2) is 7.24.